The van der Waals surface area contributed by atoms with E-state index in [-0.39, 0.29) is 0 Å². The van der Waals surface area contributed by atoms with Crippen molar-refractivity contribution in [1.29, 1.82) is 0 Å². The summed E-state index contributed by atoms with van der Waals surface area (Å²) in [4.78, 5) is 0. The highest BCUT2D eigenvalue weighted by Crippen LogP contribution is 2.29. The van der Waals surface area contributed by atoms with E-state index in [4.69, 9.17) is 9.51 Å². The summed E-state index contributed by atoms with van der Waals surface area (Å²) in [7, 11) is -0.739. The lowest BCUT2D eigenvalue weighted by atomic mass is 9.79. The third-order valence-electron chi connectivity index (χ3n) is 5.44. The zero-order chi connectivity index (χ0) is 23.7. The number of nitrogens with zero attached hydrogens (tertiary/aromatic N) is 2. The first kappa shape index (κ1) is 22.5. The highest BCUT2D eigenvalue weighted by atomic mass is 16.8. The summed E-state index contributed by atoms with van der Waals surface area (Å²) >= 11 is 0. The van der Waals surface area contributed by atoms with Gasteiger partial charge in [0.25, 0.3) is 0 Å². The molecule has 4 nitrogen and oxygen atoms in total. The van der Waals surface area contributed by atoms with Gasteiger partial charge in [-0.3, -0.25) is 9.51 Å². The number of anilines is 4. The molecule has 0 heterocycles. The van der Waals surface area contributed by atoms with Crippen molar-refractivity contribution in [3.05, 3.63) is 152 Å². The van der Waals surface area contributed by atoms with E-state index >= 15 is 0 Å². The molecule has 5 aromatic rings. The minimum Gasteiger partial charge on any atom is -0.287 e. The molecule has 0 bridgehead atoms. The summed E-state index contributed by atoms with van der Waals surface area (Å²) in [6.45, 7) is 0. The summed E-state index contributed by atoms with van der Waals surface area (Å²) in [6.07, 6.45) is 0. The zero-order valence-corrected chi connectivity index (χ0v) is 19.2. The monoisotopic (exact) mass is 456 g/mol. The Hall–Kier alpha value is -4.32. The highest BCUT2D eigenvalue weighted by Gasteiger charge is 2.30. The Labute approximate surface area is 206 Å². The first-order valence-corrected chi connectivity index (χ1v) is 11.6. The molecule has 0 N–H and O–H groups in total. The molecule has 0 aliphatic heterocycles. The van der Waals surface area contributed by atoms with Crippen molar-refractivity contribution in [2.45, 2.75) is 0 Å². The lowest BCUT2D eigenvalue weighted by molar-refractivity contribution is 0.210. The van der Waals surface area contributed by atoms with Crippen molar-refractivity contribution in [3.8, 4) is 0 Å². The van der Waals surface area contributed by atoms with Crippen molar-refractivity contribution < 1.29 is 9.51 Å². The van der Waals surface area contributed by atoms with Crippen LogP contribution in [0.2, 0.25) is 0 Å². The summed E-state index contributed by atoms with van der Waals surface area (Å²) in [5, 5.41) is 3.62. The van der Waals surface area contributed by atoms with Crippen LogP contribution >= 0.6 is 0 Å². The maximum atomic E-state index is 6.65. The summed E-state index contributed by atoms with van der Waals surface area (Å²) in [5.74, 6) is 0. The molecule has 0 spiro atoms. The van der Waals surface area contributed by atoms with Gasteiger partial charge in [-0.15, -0.1) is 0 Å². The molecule has 0 amide bonds. The van der Waals surface area contributed by atoms with Gasteiger partial charge in [0.1, 0.15) is 0 Å². The lowest BCUT2D eigenvalue weighted by Gasteiger charge is -2.31. The normalized spacial score (nSPS) is 10.5. The SMILES string of the molecule is c1ccc(B(ON(c2ccccc2)c2ccccc2)ON(c2ccccc2)c2ccccc2)cc1. The van der Waals surface area contributed by atoms with E-state index in [1.54, 1.807) is 0 Å². The number of hydrogen-bond acceptors (Lipinski definition) is 4. The third kappa shape index (κ3) is 5.61. The van der Waals surface area contributed by atoms with Gasteiger partial charge in [0, 0.05) is 0 Å². The Kier molecular flexibility index (Phi) is 7.20. The molecular weight excluding hydrogens is 431 g/mol. The van der Waals surface area contributed by atoms with Gasteiger partial charge < -0.3 is 0 Å². The number of rotatable bonds is 9. The number of hydrogen-bond donors (Lipinski definition) is 0. The largest absolute Gasteiger partial charge is 0.540 e. The maximum absolute atomic E-state index is 6.65. The van der Waals surface area contributed by atoms with Crippen LogP contribution in [0.3, 0.4) is 0 Å². The van der Waals surface area contributed by atoms with Gasteiger partial charge in [0.15, 0.2) is 0 Å². The highest BCUT2D eigenvalue weighted by molar-refractivity contribution is 6.61. The van der Waals surface area contributed by atoms with Crippen molar-refractivity contribution in [3.63, 3.8) is 0 Å². The number of para-hydroxylation sites is 4. The first-order valence-electron chi connectivity index (χ1n) is 11.6. The minimum absolute atomic E-state index is 0.739. The predicted octanol–water partition coefficient (Wildman–Crippen LogP) is 6.92. The minimum atomic E-state index is -0.739. The van der Waals surface area contributed by atoms with E-state index in [0.29, 0.717) is 0 Å². The Bertz CT molecular complexity index is 1130. The average Bonchev–Trinajstić information content (AvgIpc) is 2.95. The maximum Gasteiger partial charge on any atom is 0.540 e. The van der Waals surface area contributed by atoms with Crippen molar-refractivity contribution >= 4 is 35.3 Å². The van der Waals surface area contributed by atoms with Crippen LogP contribution in [0.25, 0.3) is 0 Å². The second-order valence-electron chi connectivity index (χ2n) is 7.88. The lowest BCUT2D eigenvalue weighted by Crippen LogP contribution is -2.45. The fourth-order valence-electron chi connectivity index (χ4n) is 3.74. The molecule has 0 saturated heterocycles. The van der Waals surface area contributed by atoms with Crippen LogP contribution < -0.4 is 15.6 Å². The molecule has 0 unspecified atom stereocenters. The van der Waals surface area contributed by atoms with E-state index in [1.807, 2.05) is 162 Å². The van der Waals surface area contributed by atoms with Gasteiger partial charge in [-0.2, -0.15) is 0 Å². The van der Waals surface area contributed by atoms with Crippen LogP contribution in [0.1, 0.15) is 0 Å². The van der Waals surface area contributed by atoms with E-state index in [1.165, 1.54) is 0 Å². The van der Waals surface area contributed by atoms with Crippen LogP contribution in [0.5, 0.6) is 0 Å². The second kappa shape index (κ2) is 11.2. The summed E-state index contributed by atoms with van der Waals surface area (Å²) in [6, 6.07) is 50.0. The molecule has 0 aliphatic rings. The standard InChI is InChI=1S/C30H25BN2O2/c1-6-16-26(17-7-1)31(34-32(27-18-8-2-9-19-27)28-20-10-3-11-21-28)35-33(29-22-12-4-13-23-29)30-24-14-5-15-25-30/h1-25H. The fraction of sp³-hybridized carbons (Fsp3) is 0. The molecule has 0 aromatic heterocycles. The molecule has 0 atom stereocenters. The van der Waals surface area contributed by atoms with Crippen LogP contribution in [0.15, 0.2) is 152 Å². The van der Waals surface area contributed by atoms with Crippen molar-refractivity contribution in [1.82, 2.24) is 0 Å². The van der Waals surface area contributed by atoms with Gasteiger partial charge >= 0.3 is 7.12 Å². The molecule has 5 heteroatoms. The molecule has 35 heavy (non-hydrogen) atoms. The topological polar surface area (TPSA) is 24.9 Å². The first-order chi connectivity index (χ1) is 17.4. The molecule has 170 valence electrons. The zero-order valence-electron chi connectivity index (χ0n) is 19.2. The Balaban J connectivity index is 1.55. The molecular formula is C30H25BN2O2. The Morgan fingerprint density at radius 2 is 0.600 bits per heavy atom. The molecule has 0 radical (unpaired) electrons. The smallest absolute Gasteiger partial charge is 0.287 e. The summed E-state index contributed by atoms with van der Waals surface area (Å²) in [5.41, 5.74) is 4.48. The fourth-order valence-corrected chi connectivity index (χ4v) is 3.74. The number of benzene rings is 5. The predicted molar refractivity (Wildman–Crippen MR) is 144 cm³/mol. The van der Waals surface area contributed by atoms with Crippen LogP contribution in [0, 0.1) is 0 Å². The summed E-state index contributed by atoms with van der Waals surface area (Å²) < 4.78 is 13.3. The van der Waals surface area contributed by atoms with E-state index in [2.05, 4.69) is 0 Å². The van der Waals surface area contributed by atoms with Gasteiger partial charge in [-0.1, -0.05) is 103 Å². The van der Waals surface area contributed by atoms with E-state index in [0.717, 1.165) is 28.2 Å². The molecule has 0 aliphatic carbocycles. The van der Waals surface area contributed by atoms with Crippen molar-refractivity contribution in [2.24, 2.45) is 0 Å². The molecule has 5 aromatic carbocycles. The van der Waals surface area contributed by atoms with Crippen LogP contribution in [-0.2, 0) is 9.51 Å². The van der Waals surface area contributed by atoms with Crippen LogP contribution in [0.4, 0.5) is 22.7 Å². The van der Waals surface area contributed by atoms with Gasteiger partial charge in [-0.25, -0.2) is 10.1 Å². The van der Waals surface area contributed by atoms with Crippen LogP contribution in [-0.4, -0.2) is 7.12 Å². The molecule has 0 fully saturated rings. The van der Waals surface area contributed by atoms with Gasteiger partial charge in [0.05, 0.1) is 22.7 Å². The third-order valence-corrected chi connectivity index (χ3v) is 5.44. The van der Waals surface area contributed by atoms with Gasteiger partial charge in [-0.05, 0) is 54.0 Å². The van der Waals surface area contributed by atoms with Crippen molar-refractivity contribution in [2.75, 3.05) is 10.1 Å². The molecule has 5 rings (SSSR count). The average molecular weight is 456 g/mol. The quantitative estimate of drug-likeness (QED) is 0.178. The Morgan fingerprint density at radius 3 is 0.886 bits per heavy atom. The van der Waals surface area contributed by atoms with E-state index < -0.39 is 7.12 Å². The van der Waals surface area contributed by atoms with Gasteiger partial charge in [0.2, 0.25) is 0 Å². The second-order valence-corrected chi connectivity index (χ2v) is 7.88. The van der Waals surface area contributed by atoms with E-state index in [9.17, 15) is 0 Å². The molecule has 0 saturated carbocycles. The Morgan fingerprint density at radius 1 is 0.343 bits per heavy atom.